The fraction of sp³-hybridized carbons (Fsp3) is 0.765. The summed E-state index contributed by atoms with van der Waals surface area (Å²) >= 11 is 0. The van der Waals surface area contributed by atoms with Gasteiger partial charge >= 0.3 is 0 Å². The van der Waals surface area contributed by atoms with E-state index in [1.807, 2.05) is 10.9 Å². The molecule has 20 heavy (non-hydrogen) atoms. The second kappa shape index (κ2) is 5.01. The number of hydrogen-bond acceptors (Lipinski definition) is 2. The average molecular weight is 276 g/mol. The fourth-order valence-corrected chi connectivity index (χ4v) is 4.00. The molecule has 0 saturated heterocycles. The van der Waals surface area contributed by atoms with Gasteiger partial charge in [-0.05, 0) is 48.5 Å². The van der Waals surface area contributed by atoms with Crippen molar-refractivity contribution in [3.63, 3.8) is 0 Å². The topological polar surface area (TPSA) is 34.9 Å². The Bertz CT molecular complexity index is 508. The SMILES string of the molecule is CC(=O)Cn1ncc2c1CCC(C(C)C)(C(C)(C)C)C2. The molecule has 0 aliphatic heterocycles. The van der Waals surface area contributed by atoms with Gasteiger partial charge in [-0.15, -0.1) is 0 Å². The minimum Gasteiger partial charge on any atom is -0.298 e. The van der Waals surface area contributed by atoms with Crippen LogP contribution in [0.2, 0.25) is 0 Å². The number of fused-ring (bicyclic) bond motifs is 1. The smallest absolute Gasteiger partial charge is 0.151 e. The molecule has 1 atom stereocenters. The zero-order valence-electron chi connectivity index (χ0n) is 13.8. The average Bonchev–Trinajstić information content (AvgIpc) is 2.69. The maximum absolute atomic E-state index is 11.3. The van der Waals surface area contributed by atoms with Crippen LogP contribution >= 0.6 is 0 Å². The van der Waals surface area contributed by atoms with Gasteiger partial charge in [0.05, 0.1) is 12.7 Å². The predicted molar refractivity (Wildman–Crippen MR) is 81.7 cm³/mol. The van der Waals surface area contributed by atoms with Crippen LogP contribution in [0.5, 0.6) is 0 Å². The second-order valence-corrected chi connectivity index (χ2v) is 7.71. The summed E-state index contributed by atoms with van der Waals surface area (Å²) in [4.78, 5) is 11.3. The monoisotopic (exact) mass is 276 g/mol. The van der Waals surface area contributed by atoms with Crippen LogP contribution in [0.1, 0.15) is 59.2 Å². The van der Waals surface area contributed by atoms with E-state index in [9.17, 15) is 4.79 Å². The van der Waals surface area contributed by atoms with E-state index in [2.05, 4.69) is 39.7 Å². The Morgan fingerprint density at radius 3 is 2.60 bits per heavy atom. The number of aromatic nitrogens is 2. The van der Waals surface area contributed by atoms with Crippen molar-refractivity contribution in [3.05, 3.63) is 17.5 Å². The van der Waals surface area contributed by atoms with E-state index in [4.69, 9.17) is 0 Å². The van der Waals surface area contributed by atoms with Crippen LogP contribution in [0.4, 0.5) is 0 Å². The van der Waals surface area contributed by atoms with Crippen molar-refractivity contribution in [1.82, 2.24) is 9.78 Å². The van der Waals surface area contributed by atoms with Crippen LogP contribution in [0.15, 0.2) is 6.20 Å². The van der Waals surface area contributed by atoms with Crippen molar-refractivity contribution in [3.8, 4) is 0 Å². The highest BCUT2D eigenvalue weighted by atomic mass is 16.1. The van der Waals surface area contributed by atoms with Gasteiger partial charge in [0.25, 0.3) is 0 Å². The third-order valence-corrected chi connectivity index (χ3v) is 5.32. The molecule has 1 aliphatic carbocycles. The minimum atomic E-state index is 0.174. The Kier molecular flexibility index (Phi) is 3.83. The van der Waals surface area contributed by atoms with Gasteiger partial charge in [-0.2, -0.15) is 5.10 Å². The van der Waals surface area contributed by atoms with Crippen molar-refractivity contribution >= 4 is 5.78 Å². The number of Topliss-reactive ketones (excluding diaryl/α,β-unsaturated/α-hetero) is 1. The van der Waals surface area contributed by atoms with Gasteiger partial charge in [0.1, 0.15) is 0 Å². The van der Waals surface area contributed by atoms with E-state index in [0.29, 0.717) is 17.9 Å². The lowest BCUT2D eigenvalue weighted by Gasteiger charge is -2.50. The molecule has 0 bridgehead atoms. The normalized spacial score (nSPS) is 22.9. The van der Waals surface area contributed by atoms with E-state index in [1.54, 1.807) is 6.92 Å². The molecule has 1 aromatic rings. The Labute approximate surface area is 122 Å². The van der Waals surface area contributed by atoms with Gasteiger partial charge < -0.3 is 0 Å². The maximum atomic E-state index is 11.3. The largest absolute Gasteiger partial charge is 0.298 e. The molecule has 3 nitrogen and oxygen atoms in total. The van der Waals surface area contributed by atoms with Crippen LogP contribution in [0.25, 0.3) is 0 Å². The fourth-order valence-electron chi connectivity index (χ4n) is 4.00. The first-order chi connectivity index (χ1) is 9.17. The minimum absolute atomic E-state index is 0.174. The van der Waals surface area contributed by atoms with Gasteiger partial charge in [0.15, 0.2) is 5.78 Å². The number of nitrogens with zero attached hydrogens (tertiary/aromatic N) is 2. The predicted octanol–water partition coefficient (Wildman–Crippen LogP) is 3.65. The quantitative estimate of drug-likeness (QED) is 0.844. The molecule has 0 spiro atoms. The Balaban J connectivity index is 2.35. The van der Waals surface area contributed by atoms with Gasteiger partial charge in [-0.3, -0.25) is 9.48 Å². The van der Waals surface area contributed by atoms with Crippen LogP contribution in [-0.4, -0.2) is 15.6 Å². The molecule has 3 heteroatoms. The van der Waals surface area contributed by atoms with Crippen LogP contribution < -0.4 is 0 Å². The Morgan fingerprint density at radius 2 is 2.10 bits per heavy atom. The summed E-state index contributed by atoms with van der Waals surface area (Å²) in [5.41, 5.74) is 3.23. The molecular weight excluding hydrogens is 248 g/mol. The molecule has 0 radical (unpaired) electrons. The van der Waals surface area contributed by atoms with E-state index in [1.165, 1.54) is 17.7 Å². The number of rotatable bonds is 3. The zero-order valence-corrected chi connectivity index (χ0v) is 13.8. The summed E-state index contributed by atoms with van der Waals surface area (Å²) < 4.78 is 1.91. The van der Waals surface area contributed by atoms with Crippen LogP contribution in [-0.2, 0) is 24.2 Å². The highest BCUT2D eigenvalue weighted by Gasteiger charge is 2.46. The van der Waals surface area contributed by atoms with Gasteiger partial charge in [0.2, 0.25) is 0 Å². The molecule has 0 amide bonds. The number of carbonyl (C=O) groups is 1. The lowest BCUT2D eigenvalue weighted by molar-refractivity contribution is -0.117. The molecule has 112 valence electrons. The first-order valence-electron chi connectivity index (χ1n) is 7.70. The van der Waals surface area contributed by atoms with Crippen LogP contribution in [0, 0.1) is 16.7 Å². The highest BCUT2D eigenvalue weighted by Crippen LogP contribution is 2.52. The van der Waals surface area contributed by atoms with E-state index >= 15 is 0 Å². The second-order valence-electron chi connectivity index (χ2n) is 7.71. The van der Waals surface area contributed by atoms with Crippen molar-refractivity contribution in [2.24, 2.45) is 16.7 Å². The van der Waals surface area contributed by atoms with Crippen molar-refractivity contribution < 1.29 is 4.79 Å². The number of ketones is 1. The standard InChI is InChI=1S/C17H28N2O/c1-12(2)17(16(4,5)6)8-7-15-14(9-17)10-18-19(15)11-13(3)20/h10,12H,7-9,11H2,1-6H3. The summed E-state index contributed by atoms with van der Waals surface area (Å²) in [6.45, 7) is 13.8. The summed E-state index contributed by atoms with van der Waals surface area (Å²) in [6.07, 6.45) is 5.30. The summed E-state index contributed by atoms with van der Waals surface area (Å²) in [7, 11) is 0. The molecule has 1 aliphatic rings. The summed E-state index contributed by atoms with van der Waals surface area (Å²) in [5.74, 6) is 0.819. The molecule has 0 N–H and O–H groups in total. The van der Waals surface area contributed by atoms with E-state index in [0.717, 1.165) is 12.8 Å². The van der Waals surface area contributed by atoms with Crippen molar-refractivity contribution in [1.29, 1.82) is 0 Å². The van der Waals surface area contributed by atoms with E-state index < -0.39 is 0 Å². The molecular formula is C17H28N2O. The summed E-state index contributed by atoms with van der Waals surface area (Å²) in [5, 5.41) is 4.44. The Hall–Kier alpha value is -1.12. The van der Waals surface area contributed by atoms with Crippen molar-refractivity contribution in [2.45, 2.75) is 67.3 Å². The lowest BCUT2D eigenvalue weighted by atomic mass is 9.54. The zero-order chi connectivity index (χ0) is 15.1. The molecule has 1 unspecified atom stereocenters. The molecule has 1 aromatic heterocycles. The lowest BCUT2D eigenvalue weighted by Crippen LogP contribution is -2.45. The molecule has 1 heterocycles. The molecule has 2 rings (SSSR count). The molecule has 0 saturated carbocycles. The Morgan fingerprint density at radius 1 is 1.45 bits per heavy atom. The molecule has 0 aromatic carbocycles. The van der Waals surface area contributed by atoms with Gasteiger partial charge in [-0.25, -0.2) is 0 Å². The van der Waals surface area contributed by atoms with Gasteiger partial charge in [-0.1, -0.05) is 34.6 Å². The maximum Gasteiger partial charge on any atom is 0.151 e. The summed E-state index contributed by atoms with van der Waals surface area (Å²) in [6, 6.07) is 0. The third kappa shape index (κ3) is 2.43. The molecule has 0 fully saturated rings. The third-order valence-electron chi connectivity index (χ3n) is 5.32. The van der Waals surface area contributed by atoms with Crippen LogP contribution in [0.3, 0.4) is 0 Å². The van der Waals surface area contributed by atoms with E-state index in [-0.39, 0.29) is 11.2 Å². The number of hydrogen-bond donors (Lipinski definition) is 0. The first-order valence-corrected chi connectivity index (χ1v) is 7.70. The van der Waals surface area contributed by atoms with Crippen molar-refractivity contribution in [2.75, 3.05) is 0 Å². The first kappa shape index (κ1) is 15.3. The number of carbonyl (C=O) groups excluding carboxylic acids is 1. The van der Waals surface area contributed by atoms with Gasteiger partial charge in [0, 0.05) is 5.69 Å². The highest BCUT2D eigenvalue weighted by molar-refractivity contribution is 5.75.